The van der Waals surface area contributed by atoms with Gasteiger partial charge >= 0.3 is 0 Å². The van der Waals surface area contributed by atoms with E-state index in [1.165, 1.54) is 7.11 Å². The molecule has 5 atom stereocenters. The summed E-state index contributed by atoms with van der Waals surface area (Å²) in [4.78, 5) is 6.40. The van der Waals surface area contributed by atoms with Gasteiger partial charge in [0.15, 0.2) is 11.2 Å². The molecule has 5 rings (SSSR count). The molecular formula is C28H31BrN2O5. The highest BCUT2D eigenvalue weighted by atomic mass is 79.9. The van der Waals surface area contributed by atoms with Crippen LogP contribution >= 0.6 is 15.9 Å². The quantitative estimate of drug-likeness (QED) is 0.439. The third-order valence-electron chi connectivity index (χ3n) is 7.65. The minimum atomic E-state index is -1.79. The third kappa shape index (κ3) is 3.66. The van der Waals surface area contributed by atoms with Gasteiger partial charge in [0.05, 0.1) is 37.8 Å². The largest absolute Gasteiger partial charge is 0.495 e. The Bertz CT molecular complexity index is 1210. The van der Waals surface area contributed by atoms with Crippen LogP contribution in [0.1, 0.15) is 22.6 Å². The summed E-state index contributed by atoms with van der Waals surface area (Å²) in [5.74, 6) is 0.0371. The lowest BCUT2D eigenvalue weighted by atomic mass is 9.70. The lowest BCUT2D eigenvalue weighted by Crippen LogP contribution is -2.52. The first kappa shape index (κ1) is 25.2. The van der Waals surface area contributed by atoms with Crippen LogP contribution in [0.15, 0.2) is 71.5 Å². The second-order valence-electron chi connectivity index (χ2n) is 9.58. The minimum Gasteiger partial charge on any atom is -0.495 e. The summed E-state index contributed by atoms with van der Waals surface area (Å²) in [6, 6.07) is 17.7. The first-order valence-corrected chi connectivity index (χ1v) is 12.8. The number of nitrogens with zero attached hydrogens (tertiary/aromatic N) is 2. The SMILES string of the molecule is COCCN(C)CC1C(O)C2(O)c3c(OC)cncc3OC2(c2ccc(Br)cc2)C1c1ccccc1. The summed E-state index contributed by atoms with van der Waals surface area (Å²) < 4.78 is 18.6. The predicted molar refractivity (Wildman–Crippen MR) is 139 cm³/mol. The summed E-state index contributed by atoms with van der Waals surface area (Å²) >= 11 is 3.53. The molecule has 8 heteroatoms. The number of halogens is 1. The Balaban J connectivity index is 1.77. The van der Waals surface area contributed by atoms with Crippen LogP contribution in [0.25, 0.3) is 0 Å². The van der Waals surface area contributed by atoms with Crippen LogP contribution in [0, 0.1) is 5.92 Å². The maximum Gasteiger partial charge on any atom is 0.177 e. The Morgan fingerprint density at radius 2 is 1.81 bits per heavy atom. The molecule has 1 aliphatic heterocycles. The van der Waals surface area contributed by atoms with Gasteiger partial charge in [-0.3, -0.25) is 4.98 Å². The molecule has 2 aromatic carbocycles. The van der Waals surface area contributed by atoms with E-state index in [4.69, 9.17) is 14.2 Å². The Morgan fingerprint density at radius 3 is 2.47 bits per heavy atom. The monoisotopic (exact) mass is 554 g/mol. The molecular weight excluding hydrogens is 524 g/mol. The first-order chi connectivity index (χ1) is 17.4. The maximum atomic E-state index is 12.8. The van der Waals surface area contributed by atoms with Crippen LogP contribution in [0.2, 0.25) is 0 Å². The fraction of sp³-hybridized carbons (Fsp3) is 0.393. The van der Waals surface area contributed by atoms with E-state index in [0.29, 0.717) is 36.8 Å². The van der Waals surface area contributed by atoms with Crippen molar-refractivity contribution < 1.29 is 24.4 Å². The smallest absolute Gasteiger partial charge is 0.177 e. The third-order valence-corrected chi connectivity index (χ3v) is 8.17. The molecule has 190 valence electrons. The fourth-order valence-corrected chi connectivity index (χ4v) is 6.40. The van der Waals surface area contributed by atoms with Crippen LogP contribution in [-0.4, -0.2) is 67.2 Å². The van der Waals surface area contributed by atoms with Crippen LogP contribution in [0.5, 0.6) is 11.5 Å². The van der Waals surface area contributed by atoms with Crippen molar-refractivity contribution in [1.29, 1.82) is 0 Å². The van der Waals surface area contributed by atoms with Crippen molar-refractivity contribution in [3.05, 3.63) is 88.2 Å². The Kier molecular flexibility index (Phi) is 6.82. The van der Waals surface area contributed by atoms with E-state index >= 15 is 0 Å². The molecule has 36 heavy (non-hydrogen) atoms. The van der Waals surface area contributed by atoms with Crippen molar-refractivity contribution >= 4 is 15.9 Å². The molecule has 1 fully saturated rings. The van der Waals surface area contributed by atoms with E-state index in [-0.39, 0.29) is 11.8 Å². The summed E-state index contributed by atoms with van der Waals surface area (Å²) in [6.07, 6.45) is 1.98. The molecule has 0 saturated heterocycles. The van der Waals surface area contributed by atoms with Gasteiger partial charge in [-0.1, -0.05) is 58.4 Å². The van der Waals surface area contributed by atoms with Gasteiger partial charge < -0.3 is 29.3 Å². The highest BCUT2D eigenvalue weighted by Gasteiger charge is 2.76. The molecule has 1 aliphatic carbocycles. The van der Waals surface area contributed by atoms with Gasteiger partial charge in [0.1, 0.15) is 11.5 Å². The Labute approximate surface area is 219 Å². The van der Waals surface area contributed by atoms with Gasteiger partial charge in [-0.15, -0.1) is 0 Å². The van der Waals surface area contributed by atoms with Crippen molar-refractivity contribution in [2.24, 2.45) is 5.92 Å². The van der Waals surface area contributed by atoms with E-state index < -0.39 is 17.3 Å². The summed E-state index contributed by atoms with van der Waals surface area (Å²) in [7, 11) is 5.20. The maximum absolute atomic E-state index is 12.8. The number of hydrogen-bond acceptors (Lipinski definition) is 7. The minimum absolute atomic E-state index is 0.367. The summed E-state index contributed by atoms with van der Waals surface area (Å²) in [5.41, 5.74) is -0.947. The van der Waals surface area contributed by atoms with Crippen molar-refractivity contribution in [2.75, 3.05) is 41.0 Å². The number of ether oxygens (including phenoxy) is 3. The van der Waals surface area contributed by atoms with Crippen molar-refractivity contribution in [3.63, 3.8) is 0 Å². The average Bonchev–Trinajstić information content (AvgIpc) is 3.26. The number of rotatable bonds is 8. The molecule has 1 saturated carbocycles. The zero-order chi connectivity index (χ0) is 25.5. The van der Waals surface area contributed by atoms with Crippen LogP contribution < -0.4 is 9.47 Å². The normalized spacial score (nSPS) is 28.6. The molecule has 7 nitrogen and oxygen atoms in total. The number of likely N-dealkylation sites (N-methyl/N-ethyl adjacent to an activating group) is 1. The number of pyridine rings is 1. The zero-order valence-corrected chi connectivity index (χ0v) is 22.2. The molecule has 3 aromatic rings. The van der Waals surface area contributed by atoms with Crippen LogP contribution in [0.4, 0.5) is 0 Å². The van der Waals surface area contributed by atoms with Gasteiger partial charge in [0, 0.05) is 36.5 Å². The molecule has 0 radical (unpaired) electrons. The van der Waals surface area contributed by atoms with Crippen LogP contribution in [0.3, 0.4) is 0 Å². The highest BCUT2D eigenvalue weighted by Crippen LogP contribution is 2.69. The average molecular weight is 555 g/mol. The second-order valence-corrected chi connectivity index (χ2v) is 10.5. The van der Waals surface area contributed by atoms with Gasteiger partial charge in [-0.2, -0.15) is 0 Å². The highest BCUT2D eigenvalue weighted by molar-refractivity contribution is 9.10. The van der Waals surface area contributed by atoms with Crippen LogP contribution in [-0.2, 0) is 15.9 Å². The number of methoxy groups -OCH3 is 2. The molecule has 2 N–H and O–H groups in total. The topological polar surface area (TPSA) is 84.3 Å². The van der Waals surface area contributed by atoms with Crippen molar-refractivity contribution in [2.45, 2.75) is 23.2 Å². The number of aromatic nitrogens is 1. The van der Waals surface area contributed by atoms with Gasteiger partial charge in [0.25, 0.3) is 0 Å². The van der Waals surface area contributed by atoms with E-state index in [1.54, 1.807) is 19.5 Å². The Morgan fingerprint density at radius 1 is 1.08 bits per heavy atom. The molecule has 5 unspecified atom stereocenters. The van der Waals surface area contributed by atoms with E-state index in [2.05, 4.69) is 25.8 Å². The van der Waals surface area contributed by atoms with E-state index in [1.807, 2.05) is 61.6 Å². The van der Waals surface area contributed by atoms with Gasteiger partial charge in [-0.05, 0) is 30.3 Å². The van der Waals surface area contributed by atoms with Crippen molar-refractivity contribution in [3.8, 4) is 11.5 Å². The summed E-state index contributed by atoms with van der Waals surface area (Å²) in [6.45, 7) is 1.78. The molecule has 1 aromatic heterocycles. The number of aliphatic hydroxyl groups excluding tert-OH is 1. The molecule has 0 spiro atoms. The molecule has 0 amide bonds. The number of benzene rings is 2. The Hall–Kier alpha value is -2.49. The van der Waals surface area contributed by atoms with Crippen molar-refractivity contribution in [1.82, 2.24) is 9.88 Å². The molecule has 0 bridgehead atoms. The fourth-order valence-electron chi connectivity index (χ4n) is 6.13. The van der Waals surface area contributed by atoms with E-state index in [9.17, 15) is 10.2 Å². The molecule has 2 aliphatic rings. The molecule has 2 heterocycles. The number of hydrogen-bond donors (Lipinski definition) is 2. The zero-order valence-electron chi connectivity index (χ0n) is 20.6. The predicted octanol–water partition coefficient (Wildman–Crippen LogP) is 3.68. The lowest BCUT2D eigenvalue weighted by molar-refractivity contribution is -0.152. The second kappa shape index (κ2) is 9.76. The first-order valence-electron chi connectivity index (χ1n) is 12.0. The van der Waals surface area contributed by atoms with Gasteiger partial charge in [0.2, 0.25) is 0 Å². The lowest BCUT2D eigenvalue weighted by Gasteiger charge is -2.41. The number of aliphatic hydroxyl groups is 2. The number of fused-ring (bicyclic) bond motifs is 3. The summed E-state index contributed by atoms with van der Waals surface area (Å²) in [5, 5.41) is 24.9. The van der Waals surface area contributed by atoms with E-state index in [0.717, 1.165) is 15.6 Å². The van der Waals surface area contributed by atoms with Gasteiger partial charge in [-0.25, -0.2) is 0 Å². The standard InChI is InChI=1S/C28H31BrN2O5/c1-31(13-14-34-2)17-21-24(18-7-5-4-6-8-18)28(19-9-11-20(29)12-10-19)27(33,26(21)32)25-22(35-3)15-30-16-23(25)36-28/h4-12,15-16,21,24,26,32-33H,13-14,17H2,1-3H3.